The van der Waals surface area contributed by atoms with Crippen LogP contribution in [0.2, 0.25) is 5.28 Å². The average molecular weight is 230 g/mol. The minimum atomic E-state index is -0.443. The van der Waals surface area contributed by atoms with E-state index in [1.54, 1.807) is 0 Å². The largest absolute Gasteiger partial charge is 0.364 e. The summed E-state index contributed by atoms with van der Waals surface area (Å²) in [7, 11) is 0. The van der Waals surface area contributed by atoms with Crippen LogP contribution in [0.15, 0.2) is 6.20 Å². The SMILES string of the molecule is CCCC1CC1Nc1nc(Cl)ncc1F. The Kier molecular flexibility index (Phi) is 3.05. The molecular formula is C10H13ClFN3. The predicted octanol–water partition coefficient (Wildman–Crippen LogP) is 2.87. The minimum Gasteiger partial charge on any atom is -0.364 e. The van der Waals surface area contributed by atoms with E-state index in [-0.39, 0.29) is 11.1 Å². The van der Waals surface area contributed by atoms with E-state index in [4.69, 9.17) is 11.6 Å². The lowest BCUT2D eigenvalue weighted by Gasteiger charge is -2.05. The highest BCUT2D eigenvalue weighted by Crippen LogP contribution is 2.37. The van der Waals surface area contributed by atoms with Gasteiger partial charge in [-0.2, -0.15) is 4.98 Å². The molecule has 1 heterocycles. The van der Waals surface area contributed by atoms with Crippen LogP contribution in [0.4, 0.5) is 10.2 Å². The lowest BCUT2D eigenvalue weighted by Crippen LogP contribution is -2.08. The first-order chi connectivity index (χ1) is 7.20. The number of anilines is 1. The number of hydrogen-bond donors (Lipinski definition) is 1. The molecule has 82 valence electrons. The molecule has 3 nitrogen and oxygen atoms in total. The highest BCUT2D eigenvalue weighted by molar-refractivity contribution is 6.28. The van der Waals surface area contributed by atoms with Gasteiger partial charge in [-0.25, -0.2) is 9.37 Å². The molecule has 0 radical (unpaired) electrons. The van der Waals surface area contributed by atoms with Crippen molar-refractivity contribution in [2.45, 2.75) is 32.2 Å². The second-order valence-electron chi connectivity index (χ2n) is 3.87. The van der Waals surface area contributed by atoms with Crippen LogP contribution in [0.5, 0.6) is 0 Å². The maximum absolute atomic E-state index is 13.2. The van der Waals surface area contributed by atoms with Crippen LogP contribution in [-0.2, 0) is 0 Å². The van der Waals surface area contributed by atoms with Crippen molar-refractivity contribution in [3.8, 4) is 0 Å². The molecule has 5 heteroatoms. The molecule has 15 heavy (non-hydrogen) atoms. The van der Waals surface area contributed by atoms with Crippen molar-refractivity contribution in [2.75, 3.05) is 5.32 Å². The number of hydrogen-bond acceptors (Lipinski definition) is 3. The van der Waals surface area contributed by atoms with Crippen molar-refractivity contribution < 1.29 is 4.39 Å². The van der Waals surface area contributed by atoms with E-state index in [0.717, 1.165) is 19.0 Å². The van der Waals surface area contributed by atoms with Gasteiger partial charge in [-0.1, -0.05) is 13.3 Å². The van der Waals surface area contributed by atoms with Gasteiger partial charge < -0.3 is 5.32 Å². The molecule has 2 unspecified atom stereocenters. The fraction of sp³-hybridized carbons (Fsp3) is 0.600. The third-order valence-electron chi connectivity index (χ3n) is 2.62. The Morgan fingerprint density at radius 2 is 2.47 bits per heavy atom. The molecule has 0 amide bonds. The molecule has 1 aliphatic carbocycles. The van der Waals surface area contributed by atoms with Crippen LogP contribution >= 0.6 is 11.6 Å². The molecule has 1 fully saturated rings. The highest BCUT2D eigenvalue weighted by atomic mass is 35.5. The molecule has 1 aliphatic rings. The van der Waals surface area contributed by atoms with Crippen molar-refractivity contribution in [3.05, 3.63) is 17.3 Å². The molecule has 0 saturated heterocycles. The van der Waals surface area contributed by atoms with Gasteiger partial charge in [0.05, 0.1) is 6.20 Å². The summed E-state index contributed by atoms with van der Waals surface area (Å²) in [6.07, 6.45) is 4.53. The van der Waals surface area contributed by atoms with Crippen LogP contribution in [0.3, 0.4) is 0 Å². The molecule has 1 aromatic heterocycles. The zero-order chi connectivity index (χ0) is 10.8. The third-order valence-corrected chi connectivity index (χ3v) is 2.80. The van der Waals surface area contributed by atoms with E-state index in [1.807, 2.05) is 0 Å². The maximum atomic E-state index is 13.2. The van der Waals surface area contributed by atoms with Crippen molar-refractivity contribution in [1.82, 2.24) is 9.97 Å². The summed E-state index contributed by atoms with van der Waals surface area (Å²) in [6, 6.07) is 0.352. The summed E-state index contributed by atoms with van der Waals surface area (Å²) >= 11 is 5.59. The molecule has 1 aromatic rings. The van der Waals surface area contributed by atoms with Gasteiger partial charge in [-0.3, -0.25) is 0 Å². The van der Waals surface area contributed by atoms with Crippen LogP contribution < -0.4 is 5.32 Å². The van der Waals surface area contributed by atoms with E-state index in [0.29, 0.717) is 12.0 Å². The van der Waals surface area contributed by atoms with Crippen molar-refractivity contribution in [3.63, 3.8) is 0 Å². The summed E-state index contributed by atoms with van der Waals surface area (Å²) in [5, 5.41) is 3.12. The molecule has 2 atom stereocenters. The first-order valence-corrected chi connectivity index (χ1v) is 5.53. The van der Waals surface area contributed by atoms with Crippen LogP contribution in [0, 0.1) is 11.7 Å². The van der Waals surface area contributed by atoms with E-state index in [2.05, 4.69) is 22.2 Å². The highest BCUT2D eigenvalue weighted by Gasteiger charge is 2.36. The third kappa shape index (κ3) is 2.56. The van der Waals surface area contributed by atoms with E-state index in [9.17, 15) is 4.39 Å². The summed E-state index contributed by atoms with van der Waals surface area (Å²) < 4.78 is 13.2. The fourth-order valence-corrected chi connectivity index (χ4v) is 1.87. The topological polar surface area (TPSA) is 37.8 Å². The molecule has 0 spiro atoms. The Bertz CT molecular complexity index is 359. The summed E-state index contributed by atoms with van der Waals surface area (Å²) in [4.78, 5) is 7.38. The molecule has 1 saturated carbocycles. The number of nitrogens with zero attached hydrogens (tertiary/aromatic N) is 2. The first-order valence-electron chi connectivity index (χ1n) is 5.15. The number of halogens is 2. The molecular weight excluding hydrogens is 217 g/mol. The predicted molar refractivity (Wildman–Crippen MR) is 57.4 cm³/mol. The zero-order valence-electron chi connectivity index (χ0n) is 8.50. The van der Waals surface area contributed by atoms with Gasteiger partial charge in [0.25, 0.3) is 0 Å². The van der Waals surface area contributed by atoms with Gasteiger partial charge in [0.15, 0.2) is 11.6 Å². The maximum Gasteiger partial charge on any atom is 0.224 e. The first kappa shape index (κ1) is 10.6. The average Bonchev–Trinajstić information content (AvgIpc) is 2.91. The minimum absolute atomic E-state index is 0.0755. The number of rotatable bonds is 4. The molecule has 0 bridgehead atoms. The Balaban J connectivity index is 1.97. The Labute approximate surface area is 93.1 Å². The molecule has 0 aromatic carbocycles. The zero-order valence-corrected chi connectivity index (χ0v) is 9.26. The Morgan fingerprint density at radius 3 is 3.20 bits per heavy atom. The van der Waals surface area contributed by atoms with Crippen molar-refractivity contribution in [2.24, 2.45) is 5.92 Å². The standard InChI is InChI=1S/C10H13ClFN3/c1-2-3-6-4-8(6)14-9-7(12)5-13-10(11)15-9/h5-6,8H,2-4H2,1H3,(H,13,14,15). The number of nitrogens with one attached hydrogen (secondary N) is 1. The number of aromatic nitrogens is 2. The lowest BCUT2D eigenvalue weighted by molar-refractivity contribution is 0.614. The van der Waals surface area contributed by atoms with Gasteiger partial charge in [-0.05, 0) is 30.4 Å². The van der Waals surface area contributed by atoms with Crippen LogP contribution in [0.1, 0.15) is 26.2 Å². The van der Waals surface area contributed by atoms with Gasteiger partial charge in [0, 0.05) is 6.04 Å². The monoisotopic (exact) mass is 229 g/mol. The Morgan fingerprint density at radius 1 is 1.67 bits per heavy atom. The quantitative estimate of drug-likeness (QED) is 0.807. The molecule has 1 N–H and O–H groups in total. The fourth-order valence-electron chi connectivity index (χ4n) is 1.74. The summed E-state index contributed by atoms with van der Waals surface area (Å²) in [5.74, 6) is 0.434. The molecule has 0 aliphatic heterocycles. The summed E-state index contributed by atoms with van der Waals surface area (Å²) in [6.45, 7) is 2.15. The van der Waals surface area contributed by atoms with E-state index < -0.39 is 5.82 Å². The second-order valence-corrected chi connectivity index (χ2v) is 4.21. The van der Waals surface area contributed by atoms with E-state index >= 15 is 0 Å². The smallest absolute Gasteiger partial charge is 0.224 e. The van der Waals surface area contributed by atoms with Crippen molar-refractivity contribution >= 4 is 17.4 Å². The lowest BCUT2D eigenvalue weighted by atomic mass is 10.2. The van der Waals surface area contributed by atoms with Gasteiger partial charge in [0.1, 0.15) is 0 Å². The van der Waals surface area contributed by atoms with Crippen LogP contribution in [-0.4, -0.2) is 16.0 Å². The molecule has 2 rings (SSSR count). The van der Waals surface area contributed by atoms with Crippen molar-refractivity contribution in [1.29, 1.82) is 0 Å². The Hall–Kier alpha value is -0.900. The van der Waals surface area contributed by atoms with Gasteiger partial charge in [-0.15, -0.1) is 0 Å². The van der Waals surface area contributed by atoms with E-state index in [1.165, 1.54) is 6.42 Å². The van der Waals surface area contributed by atoms with Gasteiger partial charge >= 0.3 is 0 Å². The normalized spacial score (nSPS) is 23.9. The van der Waals surface area contributed by atoms with Gasteiger partial charge in [0.2, 0.25) is 5.28 Å². The van der Waals surface area contributed by atoms with Crippen LogP contribution in [0.25, 0.3) is 0 Å². The summed E-state index contributed by atoms with van der Waals surface area (Å²) in [5.41, 5.74) is 0. The second kappa shape index (κ2) is 4.31.